The van der Waals surface area contributed by atoms with Gasteiger partial charge >= 0.3 is 0 Å². The van der Waals surface area contributed by atoms with Crippen molar-refractivity contribution in [3.63, 3.8) is 0 Å². The summed E-state index contributed by atoms with van der Waals surface area (Å²) in [5.41, 5.74) is 1.97. The molecule has 7 nitrogen and oxygen atoms in total. The smallest absolute Gasteiger partial charge is 0.161 e. The third-order valence-electron chi connectivity index (χ3n) is 5.76. The average molecular weight is 361 g/mol. The summed E-state index contributed by atoms with van der Waals surface area (Å²) in [6.07, 6.45) is 11.4. The third kappa shape index (κ3) is 2.52. The van der Waals surface area contributed by atoms with Crippen LogP contribution in [0.2, 0.25) is 0 Å². The molecule has 1 aliphatic carbocycles. The lowest BCUT2D eigenvalue weighted by Crippen LogP contribution is -2.42. The Kier molecular flexibility index (Phi) is 3.88. The lowest BCUT2D eigenvalue weighted by atomic mass is 10.0. The topological polar surface area (TPSA) is 72.6 Å². The van der Waals surface area contributed by atoms with E-state index in [4.69, 9.17) is 4.98 Å². The van der Waals surface area contributed by atoms with Gasteiger partial charge in [0.2, 0.25) is 0 Å². The molecular formula is C20H23N7. The number of fused-ring (bicyclic) bond motifs is 3. The number of nitrogens with zero attached hydrogens (tertiary/aromatic N) is 7. The molecule has 0 N–H and O–H groups in total. The predicted molar refractivity (Wildman–Crippen MR) is 103 cm³/mol. The molecule has 2 aliphatic rings. The lowest BCUT2D eigenvalue weighted by molar-refractivity contribution is 0.468. The standard InChI is InChI=1S/C20H23N7/c1-3-16-20-25-24-13(2)26(20)17-12-22-18(14-8-10-21-11-9-14)23-19(17)27(16)15-6-4-5-7-15/h8-12,15-16H,3-7H2,1-2H3. The molecule has 0 amide bonds. The van der Waals surface area contributed by atoms with Crippen molar-refractivity contribution in [2.45, 2.75) is 58.0 Å². The van der Waals surface area contributed by atoms with E-state index >= 15 is 0 Å². The van der Waals surface area contributed by atoms with Crippen molar-refractivity contribution in [1.82, 2.24) is 29.7 Å². The summed E-state index contributed by atoms with van der Waals surface area (Å²) >= 11 is 0. The van der Waals surface area contributed by atoms with Crippen LogP contribution in [-0.2, 0) is 0 Å². The predicted octanol–water partition coefficient (Wildman–Crippen LogP) is 3.64. The van der Waals surface area contributed by atoms with Gasteiger partial charge in [-0.1, -0.05) is 19.8 Å². The zero-order valence-corrected chi connectivity index (χ0v) is 15.7. The van der Waals surface area contributed by atoms with Crippen molar-refractivity contribution in [2.75, 3.05) is 4.90 Å². The lowest BCUT2D eigenvalue weighted by Gasteiger charge is -2.41. The fraction of sp³-hybridized carbons (Fsp3) is 0.450. The molecule has 1 saturated carbocycles. The molecule has 0 bridgehead atoms. The second-order valence-corrected chi connectivity index (χ2v) is 7.35. The molecule has 0 radical (unpaired) electrons. The Balaban J connectivity index is 1.72. The Morgan fingerprint density at radius 1 is 1.11 bits per heavy atom. The van der Waals surface area contributed by atoms with Crippen LogP contribution in [0.1, 0.15) is 56.7 Å². The van der Waals surface area contributed by atoms with Gasteiger partial charge in [0.25, 0.3) is 0 Å². The zero-order chi connectivity index (χ0) is 18.4. The number of pyridine rings is 1. The van der Waals surface area contributed by atoms with Crippen LogP contribution in [0.4, 0.5) is 5.82 Å². The SMILES string of the molecule is CCC1c2nnc(C)n2-c2cnc(-c3ccncc3)nc2N1C1CCCC1. The Bertz CT molecular complexity index is 960. The molecule has 27 heavy (non-hydrogen) atoms. The first kappa shape index (κ1) is 16.4. The van der Waals surface area contributed by atoms with Crippen molar-refractivity contribution in [2.24, 2.45) is 0 Å². The van der Waals surface area contributed by atoms with Crippen molar-refractivity contribution < 1.29 is 0 Å². The number of aromatic nitrogens is 6. The van der Waals surface area contributed by atoms with Crippen LogP contribution >= 0.6 is 0 Å². The summed E-state index contributed by atoms with van der Waals surface area (Å²) in [5, 5.41) is 8.88. The van der Waals surface area contributed by atoms with E-state index in [0.717, 1.165) is 41.0 Å². The zero-order valence-electron chi connectivity index (χ0n) is 15.7. The van der Waals surface area contributed by atoms with E-state index in [9.17, 15) is 0 Å². The van der Waals surface area contributed by atoms with Gasteiger partial charge in [-0.3, -0.25) is 9.55 Å². The molecule has 1 fully saturated rings. The van der Waals surface area contributed by atoms with E-state index in [-0.39, 0.29) is 6.04 Å². The van der Waals surface area contributed by atoms with Gasteiger partial charge in [0.05, 0.1) is 12.2 Å². The van der Waals surface area contributed by atoms with E-state index < -0.39 is 0 Å². The first-order valence-electron chi connectivity index (χ1n) is 9.76. The monoisotopic (exact) mass is 361 g/mol. The molecule has 1 unspecified atom stereocenters. The van der Waals surface area contributed by atoms with Gasteiger partial charge in [-0.15, -0.1) is 10.2 Å². The van der Waals surface area contributed by atoms with E-state index in [2.05, 4.69) is 36.6 Å². The average Bonchev–Trinajstić information content (AvgIpc) is 3.37. The van der Waals surface area contributed by atoms with Crippen LogP contribution in [0.25, 0.3) is 17.1 Å². The first-order chi connectivity index (χ1) is 13.3. The molecule has 4 heterocycles. The molecule has 1 atom stereocenters. The maximum atomic E-state index is 5.04. The Morgan fingerprint density at radius 2 is 1.89 bits per heavy atom. The number of hydrogen-bond donors (Lipinski definition) is 0. The maximum Gasteiger partial charge on any atom is 0.161 e. The van der Waals surface area contributed by atoms with Crippen LogP contribution in [0.5, 0.6) is 0 Å². The van der Waals surface area contributed by atoms with Gasteiger partial charge in [-0.05, 0) is 38.3 Å². The molecule has 3 aromatic rings. The normalized spacial score (nSPS) is 19.2. The number of aryl methyl sites for hydroxylation is 1. The number of rotatable bonds is 3. The van der Waals surface area contributed by atoms with Crippen molar-refractivity contribution in [1.29, 1.82) is 0 Å². The van der Waals surface area contributed by atoms with E-state index in [1.807, 2.05) is 25.3 Å². The van der Waals surface area contributed by atoms with Crippen LogP contribution in [-0.4, -0.2) is 35.8 Å². The van der Waals surface area contributed by atoms with Crippen molar-refractivity contribution in [3.05, 3.63) is 42.4 Å². The minimum Gasteiger partial charge on any atom is -0.342 e. The van der Waals surface area contributed by atoms with Gasteiger partial charge in [0.15, 0.2) is 17.5 Å². The molecular weight excluding hydrogens is 338 g/mol. The highest BCUT2D eigenvalue weighted by Gasteiger charge is 2.39. The Morgan fingerprint density at radius 3 is 2.63 bits per heavy atom. The van der Waals surface area contributed by atoms with Gasteiger partial charge in [-0.2, -0.15) is 0 Å². The molecule has 7 heteroatoms. The largest absolute Gasteiger partial charge is 0.342 e. The molecule has 1 aliphatic heterocycles. The summed E-state index contributed by atoms with van der Waals surface area (Å²) in [7, 11) is 0. The summed E-state index contributed by atoms with van der Waals surface area (Å²) in [5.74, 6) is 3.64. The third-order valence-corrected chi connectivity index (χ3v) is 5.76. The van der Waals surface area contributed by atoms with Gasteiger partial charge in [0, 0.05) is 24.0 Å². The summed E-state index contributed by atoms with van der Waals surface area (Å²) < 4.78 is 2.13. The Hall–Kier alpha value is -2.83. The highest BCUT2D eigenvalue weighted by atomic mass is 15.4. The van der Waals surface area contributed by atoms with Crippen molar-refractivity contribution in [3.8, 4) is 17.1 Å². The minimum atomic E-state index is 0.196. The molecule has 0 aromatic carbocycles. The fourth-order valence-corrected chi connectivity index (χ4v) is 4.51. The van der Waals surface area contributed by atoms with Crippen molar-refractivity contribution >= 4 is 5.82 Å². The van der Waals surface area contributed by atoms with Gasteiger partial charge in [-0.25, -0.2) is 9.97 Å². The molecule has 0 saturated heterocycles. The maximum absolute atomic E-state index is 5.04. The van der Waals surface area contributed by atoms with E-state index in [0.29, 0.717) is 6.04 Å². The molecule has 0 spiro atoms. The molecule has 3 aromatic heterocycles. The number of anilines is 1. The highest BCUT2D eigenvalue weighted by molar-refractivity contribution is 5.66. The summed E-state index contributed by atoms with van der Waals surface area (Å²) in [6, 6.07) is 4.61. The fourth-order valence-electron chi connectivity index (χ4n) is 4.51. The van der Waals surface area contributed by atoms with Crippen LogP contribution in [0.15, 0.2) is 30.7 Å². The molecule has 5 rings (SSSR count). The van der Waals surface area contributed by atoms with Gasteiger partial charge < -0.3 is 4.90 Å². The van der Waals surface area contributed by atoms with Crippen LogP contribution in [0.3, 0.4) is 0 Å². The summed E-state index contributed by atoms with van der Waals surface area (Å²) in [4.78, 5) is 16.3. The summed E-state index contributed by atoms with van der Waals surface area (Å²) in [6.45, 7) is 4.21. The quantitative estimate of drug-likeness (QED) is 0.709. The minimum absolute atomic E-state index is 0.196. The first-order valence-corrected chi connectivity index (χ1v) is 9.76. The second kappa shape index (κ2) is 6.40. The van der Waals surface area contributed by atoms with Gasteiger partial charge in [0.1, 0.15) is 11.5 Å². The molecule has 138 valence electrons. The van der Waals surface area contributed by atoms with Crippen LogP contribution in [0, 0.1) is 6.92 Å². The highest BCUT2D eigenvalue weighted by Crippen LogP contribution is 2.43. The van der Waals surface area contributed by atoms with E-state index in [1.54, 1.807) is 12.4 Å². The van der Waals surface area contributed by atoms with E-state index in [1.165, 1.54) is 25.7 Å². The van der Waals surface area contributed by atoms with Crippen LogP contribution < -0.4 is 4.90 Å². The second-order valence-electron chi connectivity index (χ2n) is 7.35. The number of hydrogen-bond acceptors (Lipinski definition) is 6. The Labute approximate surface area is 158 Å².